The van der Waals surface area contributed by atoms with E-state index < -0.39 is 10.2 Å². The van der Waals surface area contributed by atoms with Crippen LogP contribution in [0.15, 0.2) is 12.4 Å². The fourth-order valence-corrected chi connectivity index (χ4v) is 3.89. The second-order valence-electron chi connectivity index (χ2n) is 6.55. The average molecular weight is 361 g/mol. The molecule has 0 saturated heterocycles. The van der Waals surface area contributed by atoms with Gasteiger partial charge in [-0.1, -0.05) is 12.8 Å². The first-order valence-corrected chi connectivity index (χ1v) is 9.82. The van der Waals surface area contributed by atoms with E-state index in [9.17, 15) is 4.79 Å². The van der Waals surface area contributed by atoms with Crippen LogP contribution < -0.4 is 23.2 Å². The molecule has 0 N–H and O–H groups in total. The van der Waals surface area contributed by atoms with Crippen LogP contribution in [0.4, 0.5) is 0 Å². The van der Waals surface area contributed by atoms with Crippen molar-refractivity contribution >= 4 is 6.29 Å². The topological polar surface area (TPSA) is 118 Å². The Morgan fingerprint density at radius 2 is 1.46 bits per heavy atom. The first-order valence-electron chi connectivity index (χ1n) is 8.59. The van der Waals surface area contributed by atoms with E-state index in [1.807, 2.05) is 0 Å². The molecule has 2 aliphatic rings. The highest BCUT2D eigenvalue weighted by Crippen LogP contribution is 2.29. The second kappa shape index (κ2) is 8.92. The predicted molar refractivity (Wildman–Crippen MR) is 74.3 cm³/mol. The van der Waals surface area contributed by atoms with Crippen molar-refractivity contribution in [2.75, 3.05) is 0 Å². The number of hydrogen-bond donors (Lipinski definition) is 0. The highest BCUT2D eigenvalue weighted by Gasteiger charge is 2.29. The first-order chi connectivity index (χ1) is 11.4. The van der Waals surface area contributed by atoms with Crippen molar-refractivity contribution in [2.45, 2.75) is 76.3 Å². The fourth-order valence-electron chi connectivity index (χ4n) is 3.89. The molecular weight excluding hydrogens is 336 g/mol. The molecule has 1 aromatic heterocycles. The van der Waals surface area contributed by atoms with E-state index in [1.165, 1.54) is 64.2 Å². The van der Waals surface area contributed by atoms with Crippen LogP contribution in [0.2, 0.25) is 0 Å². The van der Waals surface area contributed by atoms with Gasteiger partial charge in [-0.3, -0.25) is 4.79 Å². The molecule has 0 aliphatic heterocycles. The van der Waals surface area contributed by atoms with Crippen LogP contribution in [0.5, 0.6) is 0 Å². The van der Waals surface area contributed by atoms with Crippen molar-refractivity contribution in [3.05, 3.63) is 18.2 Å². The summed E-state index contributed by atoms with van der Waals surface area (Å²) in [5, 5.41) is 0. The quantitative estimate of drug-likeness (QED) is 0.497. The van der Waals surface area contributed by atoms with E-state index in [4.69, 9.17) is 18.6 Å². The number of carbonyl (C=O) groups excluding carboxylic acids is 1. The Morgan fingerprint density at radius 3 is 1.96 bits per heavy atom. The van der Waals surface area contributed by atoms with Crippen LogP contribution in [0, 0.1) is 10.2 Å². The standard InChI is InChI=1S/C16H25N2O.ClHO4/c19-13-16-17(14-7-3-1-4-8-14)11-12-18(16)15-9-5-2-6-10-15;2-1(3,4)5/h11-15H,1-10H2;(H,2,3,4,5)/q+1;/p-1. The molecule has 136 valence electrons. The number of aldehydes is 1. The van der Waals surface area contributed by atoms with Gasteiger partial charge in [0.2, 0.25) is 6.29 Å². The Labute approximate surface area is 144 Å². The van der Waals surface area contributed by atoms with Gasteiger partial charge in [-0.05, 0) is 51.4 Å². The van der Waals surface area contributed by atoms with Gasteiger partial charge in [0.05, 0.1) is 0 Å². The molecule has 2 fully saturated rings. The Balaban J connectivity index is 0.000000368. The normalized spacial score (nSPS) is 20.3. The molecule has 0 unspecified atom stereocenters. The van der Waals surface area contributed by atoms with Crippen molar-refractivity contribution in [1.82, 2.24) is 4.57 Å². The molecule has 0 aromatic carbocycles. The van der Waals surface area contributed by atoms with E-state index in [2.05, 4.69) is 21.5 Å². The zero-order valence-electron chi connectivity index (χ0n) is 13.8. The number of aromatic nitrogens is 2. The van der Waals surface area contributed by atoms with Crippen LogP contribution in [-0.2, 0) is 0 Å². The number of rotatable bonds is 3. The van der Waals surface area contributed by atoms with Gasteiger partial charge in [-0.25, -0.2) is 27.8 Å². The molecule has 1 aromatic rings. The minimum Gasteiger partial charge on any atom is -0.289 e. The lowest BCUT2D eigenvalue weighted by Crippen LogP contribution is -2.68. The number of nitrogens with zero attached hydrogens (tertiary/aromatic N) is 2. The van der Waals surface area contributed by atoms with Gasteiger partial charge in [-0.15, -0.1) is 10.2 Å². The van der Waals surface area contributed by atoms with Crippen LogP contribution in [0.1, 0.15) is 86.9 Å². The molecule has 0 bridgehead atoms. The smallest absolute Gasteiger partial charge is 0.289 e. The SMILES string of the molecule is O=Cc1n(C2CCCCC2)cc[n+]1C1CCCCC1.[O-][Cl+3]([O-])([O-])[O-]. The Hall–Kier alpha value is -0.990. The number of carbonyl (C=O) groups is 1. The molecule has 7 nitrogen and oxygen atoms in total. The van der Waals surface area contributed by atoms with E-state index >= 15 is 0 Å². The minimum atomic E-state index is -4.94. The van der Waals surface area contributed by atoms with Gasteiger partial charge in [0, 0.05) is 0 Å². The minimum absolute atomic E-state index is 0.554. The van der Waals surface area contributed by atoms with Crippen molar-refractivity contribution < 1.29 is 38.2 Å². The lowest BCUT2D eigenvalue weighted by molar-refractivity contribution is -2.00. The molecule has 2 saturated carbocycles. The van der Waals surface area contributed by atoms with Gasteiger partial charge in [-0.2, -0.15) is 0 Å². The fraction of sp³-hybridized carbons (Fsp3) is 0.750. The summed E-state index contributed by atoms with van der Waals surface area (Å²) in [4.78, 5) is 11.6. The third-order valence-electron chi connectivity index (χ3n) is 4.96. The molecule has 8 heteroatoms. The Morgan fingerprint density at radius 1 is 0.958 bits per heavy atom. The van der Waals surface area contributed by atoms with Crippen LogP contribution in [0.3, 0.4) is 0 Å². The van der Waals surface area contributed by atoms with Crippen molar-refractivity contribution in [3.8, 4) is 0 Å². The summed E-state index contributed by atoms with van der Waals surface area (Å²) in [6.45, 7) is 0. The summed E-state index contributed by atoms with van der Waals surface area (Å²) in [5.41, 5.74) is 0. The average Bonchev–Trinajstić information content (AvgIpc) is 2.99. The van der Waals surface area contributed by atoms with Crippen LogP contribution in [-0.4, -0.2) is 10.9 Å². The maximum Gasteiger partial charge on any atom is 0.322 e. The van der Waals surface area contributed by atoms with E-state index in [0.717, 1.165) is 12.1 Å². The van der Waals surface area contributed by atoms with E-state index in [-0.39, 0.29) is 0 Å². The molecule has 2 aliphatic carbocycles. The zero-order chi connectivity index (χ0) is 17.6. The Kier molecular flexibility index (Phi) is 7.18. The molecule has 0 radical (unpaired) electrons. The summed E-state index contributed by atoms with van der Waals surface area (Å²) in [7, 11) is -4.94. The lowest BCUT2D eigenvalue weighted by atomic mass is 9.95. The summed E-state index contributed by atoms with van der Waals surface area (Å²) in [5.74, 6) is 0.902. The van der Waals surface area contributed by atoms with Gasteiger partial charge in [0.25, 0.3) is 0 Å². The molecule has 3 rings (SSSR count). The third-order valence-corrected chi connectivity index (χ3v) is 4.96. The molecule has 0 atom stereocenters. The maximum atomic E-state index is 11.6. The molecule has 1 heterocycles. The van der Waals surface area contributed by atoms with Crippen molar-refractivity contribution in [3.63, 3.8) is 0 Å². The highest BCUT2D eigenvalue weighted by atomic mass is 35.7. The number of imidazole rings is 1. The monoisotopic (exact) mass is 360 g/mol. The molecule has 0 spiro atoms. The summed E-state index contributed by atoms with van der Waals surface area (Å²) >= 11 is 0. The molecular formula is C16H25ClN2O5. The van der Waals surface area contributed by atoms with E-state index in [0.29, 0.717) is 12.1 Å². The summed E-state index contributed by atoms with van der Waals surface area (Å²) < 4.78 is 38.5. The lowest BCUT2D eigenvalue weighted by Gasteiger charge is -2.21. The number of halogens is 1. The van der Waals surface area contributed by atoms with Gasteiger partial charge in [0.1, 0.15) is 24.5 Å². The highest BCUT2D eigenvalue weighted by molar-refractivity contribution is 5.67. The molecule has 24 heavy (non-hydrogen) atoms. The third kappa shape index (κ3) is 5.82. The zero-order valence-corrected chi connectivity index (χ0v) is 14.5. The number of hydrogen-bond acceptors (Lipinski definition) is 5. The summed E-state index contributed by atoms with van der Waals surface area (Å²) in [6.07, 6.45) is 18.3. The van der Waals surface area contributed by atoms with Gasteiger partial charge < -0.3 is 0 Å². The first kappa shape index (κ1) is 19.3. The predicted octanol–water partition coefficient (Wildman–Crippen LogP) is -1.16. The van der Waals surface area contributed by atoms with Crippen molar-refractivity contribution in [2.24, 2.45) is 0 Å². The molecule has 0 amide bonds. The Bertz CT molecular complexity index is 476. The van der Waals surface area contributed by atoms with Gasteiger partial charge in [0.15, 0.2) is 0 Å². The maximum absolute atomic E-state index is 11.6. The summed E-state index contributed by atoms with van der Waals surface area (Å²) in [6, 6.07) is 1.11. The van der Waals surface area contributed by atoms with Gasteiger partial charge >= 0.3 is 5.82 Å². The second-order valence-corrected chi connectivity index (χ2v) is 7.31. The largest absolute Gasteiger partial charge is 0.322 e. The van der Waals surface area contributed by atoms with Crippen LogP contribution >= 0.6 is 0 Å². The van der Waals surface area contributed by atoms with Crippen LogP contribution in [0.25, 0.3) is 0 Å². The van der Waals surface area contributed by atoms with Crippen molar-refractivity contribution in [1.29, 1.82) is 0 Å². The van der Waals surface area contributed by atoms with E-state index in [1.54, 1.807) is 0 Å².